The van der Waals surface area contributed by atoms with Crippen molar-refractivity contribution in [2.45, 2.75) is 58.2 Å². The summed E-state index contributed by atoms with van der Waals surface area (Å²) in [5.41, 5.74) is 12.0. The van der Waals surface area contributed by atoms with Crippen LogP contribution in [-0.2, 0) is 20.9 Å². The van der Waals surface area contributed by atoms with E-state index in [1.165, 1.54) is 5.39 Å². The maximum atomic E-state index is 14.8. The van der Waals surface area contributed by atoms with Crippen molar-refractivity contribution in [2.75, 3.05) is 4.90 Å². The summed E-state index contributed by atoms with van der Waals surface area (Å²) >= 11 is 0. The molecule has 3 N–H and O–H groups in total. The lowest BCUT2D eigenvalue weighted by Gasteiger charge is -2.33. The summed E-state index contributed by atoms with van der Waals surface area (Å²) in [4.78, 5) is 48.5. The van der Waals surface area contributed by atoms with Crippen molar-refractivity contribution in [3.8, 4) is 11.1 Å². The van der Waals surface area contributed by atoms with Crippen molar-refractivity contribution in [2.24, 2.45) is 28.5 Å². The molecule has 0 radical (unpaired) electrons. The molecular weight excluding hydrogens is 633 g/mol. The number of benzene rings is 5. The number of amides is 3. The van der Waals surface area contributed by atoms with E-state index in [9.17, 15) is 14.4 Å². The number of nitrogens with one attached hydrogen (secondary N) is 1. The number of hydrogen-bond acceptors (Lipinski definition) is 4. The number of primary amides is 1. The third-order valence-corrected chi connectivity index (χ3v) is 10.5. The fourth-order valence-corrected chi connectivity index (χ4v) is 7.55. The van der Waals surface area contributed by atoms with E-state index >= 15 is 0 Å². The summed E-state index contributed by atoms with van der Waals surface area (Å²) in [6.07, 6.45) is 3.78. The summed E-state index contributed by atoms with van der Waals surface area (Å²) in [6, 6.07) is 40.5. The number of hydrogen-bond donors (Lipinski definition) is 2. The molecule has 1 aliphatic carbocycles. The van der Waals surface area contributed by atoms with Crippen LogP contribution in [0.3, 0.4) is 0 Å². The minimum Gasteiger partial charge on any atom is -0.369 e. The molecule has 7 nitrogen and oxygen atoms in total. The van der Waals surface area contributed by atoms with Gasteiger partial charge in [-0.1, -0.05) is 136 Å². The van der Waals surface area contributed by atoms with Crippen molar-refractivity contribution in [1.29, 1.82) is 0 Å². The van der Waals surface area contributed by atoms with Gasteiger partial charge in [-0.25, -0.2) is 4.99 Å². The molecule has 1 unspecified atom stereocenters. The number of anilines is 1. The zero-order chi connectivity index (χ0) is 35.3. The lowest BCUT2D eigenvalue weighted by molar-refractivity contribution is -0.136. The van der Waals surface area contributed by atoms with Gasteiger partial charge in [0, 0.05) is 23.0 Å². The average Bonchev–Trinajstić information content (AvgIpc) is 3.25. The van der Waals surface area contributed by atoms with Gasteiger partial charge in [-0.05, 0) is 64.4 Å². The van der Waals surface area contributed by atoms with Gasteiger partial charge in [-0.15, -0.1) is 0 Å². The summed E-state index contributed by atoms with van der Waals surface area (Å²) in [7, 11) is 0. The zero-order valence-corrected chi connectivity index (χ0v) is 29.0. The Morgan fingerprint density at radius 1 is 0.804 bits per heavy atom. The van der Waals surface area contributed by atoms with Crippen LogP contribution in [-0.4, -0.2) is 29.6 Å². The fraction of sp³-hybridized carbons (Fsp3) is 0.273. The fourth-order valence-electron chi connectivity index (χ4n) is 7.55. The van der Waals surface area contributed by atoms with Crippen LogP contribution in [0, 0.1) is 17.8 Å². The highest BCUT2D eigenvalue weighted by molar-refractivity contribution is 6.20. The second-order valence-corrected chi connectivity index (χ2v) is 13.9. The molecule has 1 fully saturated rings. The van der Waals surface area contributed by atoms with Crippen LogP contribution < -0.4 is 16.0 Å². The second kappa shape index (κ2) is 15.1. The SMILES string of the molecule is CCC[C@H](C(N)=O)[C@@H](CC1CCC1)C(=O)NC1N=C(c2ccccc2)c2ccccc2N(Cc2cccc(-c3ccc4ccccc4c3)c2)C1=O. The molecule has 0 spiro atoms. The van der Waals surface area contributed by atoms with Crippen molar-refractivity contribution < 1.29 is 14.4 Å². The predicted octanol–water partition coefficient (Wildman–Crippen LogP) is 8.04. The van der Waals surface area contributed by atoms with E-state index in [0.717, 1.165) is 58.9 Å². The quantitative estimate of drug-likeness (QED) is 0.140. The highest BCUT2D eigenvalue weighted by Crippen LogP contribution is 2.37. The first-order valence-corrected chi connectivity index (χ1v) is 18.1. The number of fused-ring (bicyclic) bond motifs is 2. The Morgan fingerprint density at radius 2 is 1.51 bits per heavy atom. The number of benzodiazepines with no additional fused rings is 1. The predicted molar refractivity (Wildman–Crippen MR) is 204 cm³/mol. The molecule has 7 heteroatoms. The minimum absolute atomic E-state index is 0.270. The normalized spacial score (nSPS) is 17.1. The number of rotatable bonds is 12. The number of carbonyl (C=O) groups excluding carboxylic acids is 3. The smallest absolute Gasteiger partial charge is 0.272 e. The number of nitrogens with two attached hydrogens (primary N) is 1. The lowest BCUT2D eigenvalue weighted by atomic mass is 9.74. The van der Waals surface area contributed by atoms with Gasteiger partial charge >= 0.3 is 0 Å². The molecule has 0 bridgehead atoms. The van der Waals surface area contributed by atoms with Crippen molar-refractivity contribution in [1.82, 2.24) is 5.32 Å². The molecule has 0 aromatic heterocycles. The van der Waals surface area contributed by atoms with E-state index < -0.39 is 23.9 Å². The monoisotopic (exact) mass is 676 g/mol. The van der Waals surface area contributed by atoms with Crippen molar-refractivity contribution in [3.63, 3.8) is 0 Å². The number of nitrogens with zero attached hydrogens (tertiary/aromatic N) is 2. The maximum Gasteiger partial charge on any atom is 0.272 e. The highest BCUT2D eigenvalue weighted by atomic mass is 16.2. The Kier molecular flexibility index (Phi) is 10.1. The Morgan fingerprint density at radius 3 is 2.25 bits per heavy atom. The Hall–Kier alpha value is -5.56. The summed E-state index contributed by atoms with van der Waals surface area (Å²) in [5.74, 6) is -2.04. The lowest BCUT2D eigenvalue weighted by Crippen LogP contribution is -2.51. The van der Waals surface area contributed by atoms with Crippen molar-refractivity contribution in [3.05, 3.63) is 138 Å². The molecule has 2 aliphatic rings. The standard InChI is InChI=1S/C44H44N4O3/c1-2-12-36(41(45)49)38(26-29-13-10-14-29)43(50)47-42-44(51)48(39-22-9-8-21-37(39)40(46-42)32-17-4-3-5-18-32)28-30-15-11-20-33(25-30)35-24-23-31-16-6-7-19-34(31)27-35/h3-9,11,15-25,27,29,36,38,42H,2,10,12-14,26,28H2,1H3,(H2,45,49)(H,47,50)/t36-,38+,42?/m0/s1. The van der Waals surface area contributed by atoms with Gasteiger partial charge < -0.3 is 16.0 Å². The van der Waals surface area contributed by atoms with Gasteiger partial charge in [-0.2, -0.15) is 0 Å². The summed E-state index contributed by atoms with van der Waals surface area (Å²) in [5, 5.41) is 5.38. The molecule has 51 heavy (non-hydrogen) atoms. The van der Waals surface area contributed by atoms with E-state index in [2.05, 4.69) is 47.8 Å². The Balaban J connectivity index is 1.26. The van der Waals surface area contributed by atoms with E-state index in [0.29, 0.717) is 30.2 Å². The maximum absolute atomic E-state index is 14.8. The minimum atomic E-state index is -1.21. The van der Waals surface area contributed by atoms with Crippen LogP contribution in [0.1, 0.15) is 62.1 Å². The van der Waals surface area contributed by atoms with E-state index in [1.807, 2.05) is 85.8 Å². The molecule has 3 atom stereocenters. The van der Waals surface area contributed by atoms with E-state index in [-0.39, 0.29) is 18.4 Å². The molecule has 5 aromatic carbocycles. The van der Waals surface area contributed by atoms with E-state index in [4.69, 9.17) is 10.7 Å². The first-order valence-electron chi connectivity index (χ1n) is 18.1. The molecule has 0 saturated heterocycles. The van der Waals surface area contributed by atoms with Crippen LogP contribution in [0.25, 0.3) is 21.9 Å². The number of carbonyl (C=O) groups is 3. The molecular formula is C44H44N4O3. The topological polar surface area (TPSA) is 105 Å². The third kappa shape index (κ3) is 7.34. The summed E-state index contributed by atoms with van der Waals surface area (Å²) < 4.78 is 0. The van der Waals surface area contributed by atoms with Gasteiger partial charge in [0.2, 0.25) is 18.0 Å². The molecule has 258 valence electrons. The molecule has 1 aliphatic heterocycles. The molecule has 5 aromatic rings. The molecule has 3 amide bonds. The van der Waals surface area contributed by atoms with Gasteiger partial charge in [0.05, 0.1) is 17.9 Å². The van der Waals surface area contributed by atoms with Crippen LogP contribution in [0.4, 0.5) is 5.69 Å². The zero-order valence-electron chi connectivity index (χ0n) is 29.0. The largest absolute Gasteiger partial charge is 0.369 e. The summed E-state index contributed by atoms with van der Waals surface area (Å²) in [6.45, 7) is 2.26. The van der Waals surface area contributed by atoms with Crippen LogP contribution >= 0.6 is 0 Å². The van der Waals surface area contributed by atoms with Gasteiger partial charge in [0.15, 0.2) is 0 Å². The van der Waals surface area contributed by atoms with Gasteiger partial charge in [0.1, 0.15) is 0 Å². The molecule has 7 rings (SSSR count). The van der Waals surface area contributed by atoms with Gasteiger partial charge in [0.25, 0.3) is 5.91 Å². The number of para-hydroxylation sites is 1. The molecule has 1 heterocycles. The van der Waals surface area contributed by atoms with Crippen LogP contribution in [0.5, 0.6) is 0 Å². The first-order chi connectivity index (χ1) is 24.9. The van der Waals surface area contributed by atoms with Crippen LogP contribution in [0.15, 0.2) is 126 Å². The second-order valence-electron chi connectivity index (χ2n) is 13.9. The molecule has 1 saturated carbocycles. The first kappa shape index (κ1) is 33.9. The highest BCUT2D eigenvalue weighted by Gasteiger charge is 2.39. The van der Waals surface area contributed by atoms with Crippen LogP contribution in [0.2, 0.25) is 0 Å². The Bertz CT molecular complexity index is 2090. The van der Waals surface area contributed by atoms with Gasteiger partial charge in [-0.3, -0.25) is 14.4 Å². The van der Waals surface area contributed by atoms with E-state index in [1.54, 1.807) is 4.90 Å². The van der Waals surface area contributed by atoms with Crippen molar-refractivity contribution >= 4 is 39.9 Å². The average molecular weight is 677 g/mol. The Labute approximate surface area is 299 Å². The number of aliphatic imine (C=N–C) groups is 1. The third-order valence-electron chi connectivity index (χ3n) is 10.5.